The molecule has 4 heterocycles. The lowest BCUT2D eigenvalue weighted by molar-refractivity contribution is 0.0605. The van der Waals surface area contributed by atoms with Gasteiger partial charge in [0.15, 0.2) is 11.4 Å². The van der Waals surface area contributed by atoms with E-state index in [1.807, 2.05) is 35.2 Å². The third kappa shape index (κ3) is 2.99. The molecular weight excluding hydrogens is 462 g/mol. The lowest BCUT2D eigenvalue weighted by Crippen LogP contribution is -2.58. The van der Waals surface area contributed by atoms with E-state index in [0.717, 1.165) is 45.9 Å². The molecule has 2 aromatic carbocycles. The summed E-state index contributed by atoms with van der Waals surface area (Å²) in [4.78, 5) is 29.2. The Labute approximate surface area is 206 Å². The van der Waals surface area contributed by atoms with E-state index in [2.05, 4.69) is 29.3 Å². The molecule has 1 spiro atoms. The van der Waals surface area contributed by atoms with Gasteiger partial charge in [-0.15, -0.1) is 11.8 Å². The number of aromatic nitrogens is 1. The van der Waals surface area contributed by atoms with Crippen molar-refractivity contribution in [3.63, 3.8) is 0 Å². The van der Waals surface area contributed by atoms with Crippen LogP contribution in [0.1, 0.15) is 46.1 Å². The minimum absolute atomic E-state index is 0.0111. The zero-order valence-corrected chi connectivity index (χ0v) is 19.7. The maximum Gasteiger partial charge on any atom is 0.278 e. The Morgan fingerprint density at radius 3 is 2.77 bits per heavy atom. The minimum Gasteiger partial charge on any atom is -0.502 e. The van der Waals surface area contributed by atoms with Crippen LogP contribution >= 0.6 is 11.8 Å². The van der Waals surface area contributed by atoms with Crippen LogP contribution in [0.15, 0.2) is 76.6 Å². The van der Waals surface area contributed by atoms with Crippen molar-refractivity contribution in [2.45, 2.75) is 35.1 Å². The van der Waals surface area contributed by atoms with E-state index in [9.17, 15) is 14.7 Å². The Kier molecular flexibility index (Phi) is 4.39. The van der Waals surface area contributed by atoms with E-state index in [1.54, 1.807) is 22.6 Å². The molecule has 176 valence electrons. The molecule has 1 saturated carbocycles. The minimum atomic E-state index is -0.558. The van der Waals surface area contributed by atoms with Crippen molar-refractivity contribution >= 4 is 17.7 Å². The molecular formula is C27H23N3O4S. The van der Waals surface area contributed by atoms with E-state index in [1.165, 1.54) is 6.07 Å². The van der Waals surface area contributed by atoms with Gasteiger partial charge in [0, 0.05) is 28.5 Å². The summed E-state index contributed by atoms with van der Waals surface area (Å²) in [6.07, 6.45) is 7.30. The van der Waals surface area contributed by atoms with Gasteiger partial charge in [0.1, 0.15) is 25.1 Å². The van der Waals surface area contributed by atoms with E-state index < -0.39 is 16.7 Å². The highest BCUT2D eigenvalue weighted by atomic mass is 32.2. The zero-order chi connectivity index (χ0) is 23.7. The second-order valence-electron chi connectivity index (χ2n) is 9.41. The number of pyridine rings is 1. The quantitative estimate of drug-likeness (QED) is 0.489. The Balaban J connectivity index is 1.56. The predicted molar refractivity (Wildman–Crippen MR) is 133 cm³/mol. The molecule has 1 aromatic heterocycles. The molecule has 0 radical (unpaired) electrons. The van der Waals surface area contributed by atoms with E-state index in [-0.39, 0.29) is 17.6 Å². The molecule has 7 rings (SSSR count). The van der Waals surface area contributed by atoms with E-state index in [4.69, 9.17) is 4.74 Å². The number of thioether (sulfide) groups is 1. The summed E-state index contributed by atoms with van der Waals surface area (Å²) in [5.41, 5.74) is 2.31. The Morgan fingerprint density at radius 2 is 1.91 bits per heavy atom. The van der Waals surface area contributed by atoms with Crippen LogP contribution in [-0.2, 0) is 5.75 Å². The number of amides is 1. The summed E-state index contributed by atoms with van der Waals surface area (Å²) in [6, 6.07) is 15.5. The van der Waals surface area contributed by atoms with Crippen molar-refractivity contribution in [3.8, 4) is 11.5 Å². The fourth-order valence-electron chi connectivity index (χ4n) is 5.55. The number of ether oxygens (including phenoxy) is 1. The molecule has 7 nitrogen and oxygen atoms in total. The summed E-state index contributed by atoms with van der Waals surface area (Å²) in [5, 5.41) is 12.9. The lowest BCUT2D eigenvalue weighted by atomic mass is 9.93. The number of carbonyl (C=O) groups excluding carboxylic acids is 1. The van der Waals surface area contributed by atoms with Crippen LogP contribution in [0.2, 0.25) is 0 Å². The van der Waals surface area contributed by atoms with Crippen molar-refractivity contribution in [1.82, 2.24) is 9.58 Å². The highest BCUT2D eigenvalue weighted by Crippen LogP contribution is 2.49. The molecule has 4 aliphatic rings. The third-order valence-corrected chi connectivity index (χ3v) is 8.59. The standard InChI is InChI=1S/C27H23N3O4S/c31-19-9-13-29-24(25(19)32)26(33)28-16-30(29)23-18-6-1-2-8-21(18)35-15-17-5-3-7-20(22(17)23)34-14-4-10-27(28)11-12-27/h1-10,13,23,32H,11-12,14-16H2/b10-4+/t23-/m1/s1. The molecule has 1 fully saturated rings. The fourth-order valence-corrected chi connectivity index (χ4v) is 6.64. The Hall–Kier alpha value is -3.65. The molecule has 1 N–H and O–H groups in total. The largest absolute Gasteiger partial charge is 0.502 e. The number of benzene rings is 2. The van der Waals surface area contributed by atoms with Gasteiger partial charge in [0.05, 0.1) is 5.54 Å². The second-order valence-corrected chi connectivity index (χ2v) is 10.4. The van der Waals surface area contributed by atoms with Gasteiger partial charge in [-0.3, -0.25) is 19.3 Å². The molecule has 1 atom stereocenters. The maximum atomic E-state index is 13.8. The SMILES string of the molecule is O=C1c2c(O)c(=O)ccn2N2CN1C1(/C=C/COc3cccc4c3[C@H]2c2ccccc2SC4)CC1. The van der Waals surface area contributed by atoms with Gasteiger partial charge in [0.25, 0.3) is 5.91 Å². The zero-order valence-electron chi connectivity index (χ0n) is 18.9. The van der Waals surface area contributed by atoms with Crippen LogP contribution in [0.25, 0.3) is 0 Å². The predicted octanol–water partition coefficient (Wildman–Crippen LogP) is 3.78. The lowest BCUT2D eigenvalue weighted by Gasteiger charge is -2.46. The van der Waals surface area contributed by atoms with Crippen LogP contribution < -0.4 is 15.2 Å². The van der Waals surface area contributed by atoms with Crippen LogP contribution in [0, 0.1) is 0 Å². The number of aromatic hydroxyl groups is 1. The molecule has 3 aliphatic heterocycles. The second kappa shape index (κ2) is 7.42. The average Bonchev–Trinajstić information content (AvgIpc) is 3.67. The van der Waals surface area contributed by atoms with Crippen molar-refractivity contribution in [1.29, 1.82) is 0 Å². The van der Waals surface area contributed by atoms with E-state index >= 15 is 0 Å². The van der Waals surface area contributed by atoms with Gasteiger partial charge in [0.2, 0.25) is 5.43 Å². The number of hydrogen-bond acceptors (Lipinski definition) is 6. The van der Waals surface area contributed by atoms with Crippen LogP contribution in [-0.4, -0.2) is 39.4 Å². The number of fused-ring (bicyclic) bond motifs is 8. The summed E-state index contributed by atoms with van der Waals surface area (Å²) in [7, 11) is 0. The molecule has 0 saturated heterocycles. The third-order valence-electron chi connectivity index (χ3n) is 7.45. The Morgan fingerprint density at radius 1 is 1.06 bits per heavy atom. The monoisotopic (exact) mass is 485 g/mol. The van der Waals surface area contributed by atoms with Crippen LogP contribution in [0.3, 0.4) is 0 Å². The first-order valence-corrected chi connectivity index (χ1v) is 12.7. The molecule has 2 bridgehead atoms. The topological polar surface area (TPSA) is 75.0 Å². The van der Waals surface area contributed by atoms with Crippen molar-refractivity contribution in [3.05, 3.63) is 99.5 Å². The van der Waals surface area contributed by atoms with Crippen LogP contribution in [0.5, 0.6) is 11.5 Å². The molecule has 35 heavy (non-hydrogen) atoms. The number of nitrogens with zero attached hydrogens (tertiary/aromatic N) is 3. The maximum absolute atomic E-state index is 13.8. The summed E-state index contributed by atoms with van der Waals surface area (Å²) in [6.45, 7) is 0.716. The van der Waals surface area contributed by atoms with Crippen molar-refractivity contribution in [2.75, 3.05) is 18.3 Å². The average molecular weight is 486 g/mol. The van der Waals surface area contributed by atoms with Gasteiger partial charge in [-0.2, -0.15) is 0 Å². The number of rotatable bonds is 0. The first kappa shape index (κ1) is 20.7. The van der Waals surface area contributed by atoms with Gasteiger partial charge in [-0.1, -0.05) is 36.4 Å². The van der Waals surface area contributed by atoms with Gasteiger partial charge < -0.3 is 14.7 Å². The van der Waals surface area contributed by atoms with Crippen LogP contribution in [0.4, 0.5) is 0 Å². The van der Waals surface area contributed by atoms with Crippen molar-refractivity contribution < 1.29 is 14.6 Å². The summed E-state index contributed by atoms with van der Waals surface area (Å²) >= 11 is 1.78. The summed E-state index contributed by atoms with van der Waals surface area (Å²) < 4.78 is 8.00. The fraction of sp³-hybridized carbons (Fsp3) is 0.259. The molecule has 3 aromatic rings. The highest BCUT2D eigenvalue weighted by Gasteiger charge is 2.52. The first-order chi connectivity index (χ1) is 17.1. The smallest absolute Gasteiger partial charge is 0.278 e. The summed E-state index contributed by atoms with van der Waals surface area (Å²) in [5.74, 6) is 0.751. The highest BCUT2D eigenvalue weighted by molar-refractivity contribution is 7.98. The molecule has 1 aliphatic carbocycles. The normalized spacial score (nSPS) is 22.2. The number of hydrogen-bond donors (Lipinski definition) is 1. The van der Waals surface area contributed by atoms with Gasteiger partial charge >= 0.3 is 0 Å². The first-order valence-electron chi connectivity index (χ1n) is 11.7. The molecule has 8 heteroatoms. The number of carbonyl (C=O) groups is 1. The Bertz CT molecular complexity index is 1480. The molecule has 1 amide bonds. The van der Waals surface area contributed by atoms with Crippen molar-refractivity contribution in [2.24, 2.45) is 0 Å². The molecule has 0 unspecified atom stereocenters. The van der Waals surface area contributed by atoms with Gasteiger partial charge in [-0.25, -0.2) is 0 Å². The van der Waals surface area contributed by atoms with E-state index in [0.29, 0.717) is 13.3 Å². The van der Waals surface area contributed by atoms with Gasteiger partial charge in [-0.05, 0) is 42.2 Å².